The number of ether oxygens (including phenoxy) is 1. The molecule has 96 valence electrons. The molecule has 6 nitrogen and oxygen atoms in total. The predicted octanol–water partition coefficient (Wildman–Crippen LogP) is 1.21. The van der Waals surface area contributed by atoms with Crippen molar-refractivity contribution in [3.8, 4) is 0 Å². The van der Waals surface area contributed by atoms with Crippen LogP contribution in [0.5, 0.6) is 0 Å². The second kappa shape index (κ2) is 7.43. The van der Waals surface area contributed by atoms with Gasteiger partial charge < -0.3 is 14.9 Å². The van der Waals surface area contributed by atoms with Crippen LogP contribution < -0.4 is 0 Å². The van der Waals surface area contributed by atoms with Crippen LogP contribution in [0, 0.1) is 0 Å². The Morgan fingerprint density at radius 3 is 2.00 bits per heavy atom. The van der Waals surface area contributed by atoms with E-state index in [2.05, 4.69) is 0 Å². The maximum atomic E-state index is 11.2. The zero-order chi connectivity index (χ0) is 13.4. The molecule has 0 amide bonds. The van der Waals surface area contributed by atoms with Gasteiger partial charge in [-0.2, -0.15) is 0 Å². The molecule has 0 aliphatic rings. The molecule has 0 heterocycles. The van der Waals surface area contributed by atoms with E-state index in [1.807, 2.05) is 6.92 Å². The molecular weight excluding hydrogens is 228 g/mol. The fraction of sp³-hybridized carbons (Fsp3) is 0.545. The van der Waals surface area contributed by atoms with E-state index >= 15 is 0 Å². The van der Waals surface area contributed by atoms with Gasteiger partial charge in [0.2, 0.25) is 0 Å². The fourth-order valence-corrected chi connectivity index (χ4v) is 1.14. The third-order valence-electron chi connectivity index (χ3n) is 2.01. The quantitative estimate of drug-likeness (QED) is 0.166. The number of rotatable bonds is 8. The van der Waals surface area contributed by atoms with Crippen molar-refractivity contribution in [2.75, 3.05) is 6.61 Å². The van der Waals surface area contributed by atoms with Crippen LogP contribution in [0.2, 0.25) is 0 Å². The fourth-order valence-electron chi connectivity index (χ4n) is 1.14. The topological polar surface area (TPSA) is 101 Å². The van der Waals surface area contributed by atoms with Crippen LogP contribution in [0.1, 0.15) is 33.1 Å². The van der Waals surface area contributed by atoms with E-state index in [-0.39, 0.29) is 18.8 Å². The van der Waals surface area contributed by atoms with Crippen LogP contribution >= 0.6 is 0 Å². The van der Waals surface area contributed by atoms with Crippen molar-refractivity contribution in [3.63, 3.8) is 0 Å². The van der Waals surface area contributed by atoms with Gasteiger partial charge in [0.25, 0.3) is 5.78 Å². The minimum Gasteiger partial charge on any atom is -0.497 e. The number of carboxylic acids is 2. The Bertz CT molecular complexity index is 342. The molecule has 0 atom stereocenters. The number of hydrogen-bond acceptors (Lipinski definition) is 4. The van der Waals surface area contributed by atoms with Gasteiger partial charge >= 0.3 is 11.9 Å². The van der Waals surface area contributed by atoms with E-state index in [1.54, 1.807) is 6.92 Å². The molecule has 17 heavy (non-hydrogen) atoms. The molecule has 0 fully saturated rings. The highest BCUT2D eigenvalue weighted by Crippen LogP contribution is 2.13. The third kappa shape index (κ3) is 4.67. The molecule has 0 aromatic carbocycles. The Hall–Kier alpha value is -1.85. The molecule has 0 aromatic heterocycles. The monoisotopic (exact) mass is 244 g/mol. The molecule has 6 heteroatoms. The van der Waals surface area contributed by atoms with Gasteiger partial charge in [0, 0.05) is 6.42 Å². The second-order valence-corrected chi connectivity index (χ2v) is 3.29. The van der Waals surface area contributed by atoms with Gasteiger partial charge in [0.15, 0.2) is 5.57 Å². The smallest absolute Gasteiger partial charge is 0.377 e. The van der Waals surface area contributed by atoms with Crippen LogP contribution in [0.4, 0.5) is 0 Å². The lowest BCUT2D eigenvalue weighted by Gasteiger charge is -2.10. The Balaban J connectivity index is 5.10. The van der Waals surface area contributed by atoms with E-state index < -0.39 is 23.3 Å². The average molecular weight is 244 g/mol. The minimum absolute atomic E-state index is 0.0849. The molecule has 0 aliphatic heterocycles. The van der Waals surface area contributed by atoms with Crippen molar-refractivity contribution < 1.29 is 29.3 Å². The summed E-state index contributed by atoms with van der Waals surface area (Å²) in [4.78, 5) is 32.5. The molecule has 0 aliphatic carbocycles. The summed E-state index contributed by atoms with van der Waals surface area (Å²) in [5, 5.41) is 17.3. The maximum Gasteiger partial charge on any atom is 0.377 e. The van der Waals surface area contributed by atoms with Crippen molar-refractivity contribution in [2.45, 2.75) is 33.1 Å². The molecule has 0 aromatic rings. The summed E-state index contributed by atoms with van der Waals surface area (Å²) in [6.45, 7) is 3.79. The van der Waals surface area contributed by atoms with Crippen LogP contribution in [0.25, 0.3) is 0 Å². The SMILES string of the molecule is CCCCOC(CC)=C(C(=O)O)C(=O)C(=O)O. The van der Waals surface area contributed by atoms with Crippen molar-refractivity contribution in [1.82, 2.24) is 0 Å². The zero-order valence-electron chi connectivity index (χ0n) is 9.86. The highest BCUT2D eigenvalue weighted by Gasteiger charge is 2.28. The summed E-state index contributed by atoms with van der Waals surface area (Å²) in [5.41, 5.74) is -0.795. The Morgan fingerprint density at radius 1 is 1.06 bits per heavy atom. The van der Waals surface area contributed by atoms with Crippen LogP contribution in [0.3, 0.4) is 0 Å². The zero-order valence-corrected chi connectivity index (χ0v) is 9.86. The van der Waals surface area contributed by atoms with Gasteiger partial charge in [-0.1, -0.05) is 20.3 Å². The summed E-state index contributed by atoms with van der Waals surface area (Å²) >= 11 is 0. The number of carbonyl (C=O) groups is 3. The van der Waals surface area contributed by atoms with Crippen molar-refractivity contribution in [1.29, 1.82) is 0 Å². The van der Waals surface area contributed by atoms with Crippen LogP contribution in [-0.4, -0.2) is 34.5 Å². The van der Waals surface area contributed by atoms with Gasteiger partial charge in [-0.15, -0.1) is 0 Å². The van der Waals surface area contributed by atoms with Crippen molar-refractivity contribution in [3.05, 3.63) is 11.3 Å². The predicted molar refractivity (Wildman–Crippen MR) is 58.5 cm³/mol. The maximum absolute atomic E-state index is 11.2. The Labute approximate surface area is 98.9 Å². The summed E-state index contributed by atoms with van der Waals surface area (Å²) in [6.07, 6.45) is 1.72. The first-order valence-corrected chi connectivity index (χ1v) is 5.32. The van der Waals surface area contributed by atoms with E-state index in [4.69, 9.17) is 14.9 Å². The first-order valence-electron chi connectivity index (χ1n) is 5.32. The first kappa shape index (κ1) is 15.2. The first-order chi connectivity index (χ1) is 7.95. The number of unbranched alkanes of at least 4 members (excludes halogenated alkanes) is 1. The molecular formula is C11H16O6. The molecule has 0 saturated heterocycles. The number of ketones is 1. The van der Waals surface area contributed by atoms with E-state index in [1.165, 1.54) is 0 Å². The second-order valence-electron chi connectivity index (χ2n) is 3.29. The minimum atomic E-state index is -1.80. The lowest BCUT2D eigenvalue weighted by molar-refractivity contribution is -0.149. The van der Waals surface area contributed by atoms with Crippen LogP contribution in [0.15, 0.2) is 11.3 Å². The van der Waals surface area contributed by atoms with Gasteiger partial charge in [-0.05, 0) is 6.42 Å². The molecule has 0 bridgehead atoms. The number of aliphatic carboxylic acids is 2. The number of Topliss-reactive ketones (excluding diaryl/α,β-unsaturated/α-hetero) is 1. The Morgan fingerprint density at radius 2 is 1.65 bits per heavy atom. The molecule has 2 N–H and O–H groups in total. The number of carbonyl (C=O) groups excluding carboxylic acids is 1. The largest absolute Gasteiger partial charge is 0.497 e. The summed E-state index contributed by atoms with van der Waals surface area (Å²) in [7, 11) is 0. The number of hydrogen-bond donors (Lipinski definition) is 2. The number of carboxylic acid groups (broad SMARTS) is 2. The van der Waals surface area contributed by atoms with E-state index in [0.717, 1.165) is 6.42 Å². The van der Waals surface area contributed by atoms with Crippen LogP contribution in [-0.2, 0) is 19.1 Å². The average Bonchev–Trinajstić information content (AvgIpc) is 2.26. The van der Waals surface area contributed by atoms with E-state index in [0.29, 0.717) is 6.42 Å². The van der Waals surface area contributed by atoms with Gasteiger partial charge in [-0.25, -0.2) is 9.59 Å². The lowest BCUT2D eigenvalue weighted by atomic mass is 10.1. The van der Waals surface area contributed by atoms with Crippen molar-refractivity contribution in [2.24, 2.45) is 0 Å². The lowest BCUT2D eigenvalue weighted by Crippen LogP contribution is -2.23. The van der Waals surface area contributed by atoms with Gasteiger partial charge in [0.1, 0.15) is 5.76 Å². The van der Waals surface area contributed by atoms with E-state index in [9.17, 15) is 14.4 Å². The van der Waals surface area contributed by atoms with Gasteiger partial charge in [-0.3, -0.25) is 4.79 Å². The standard InChI is InChI=1S/C11H16O6/c1-3-5-6-17-7(4-2)8(10(13)14)9(12)11(15)16/h3-6H2,1-2H3,(H,13,14)(H,15,16). The molecule has 0 unspecified atom stereocenters. The summed E-state index contributed by atoms with van der Waals surface area (Å²) in [6, 6.07) is 0. The van der Waals surface area contributed by atoms with Crippen molar-refractivity contribution >= 4 is 17.7 Å². The molecule has 0 saturated carbocycles. The highest BCUT2D eigenvalue weighted by molar-refractivity contribution is 6.45. The summed E-state index contributed by atoms with van der Waals surface area (Å²) in [5.74, 6) is -4.91. The molecule has 0 radical (unpaired) electrons. The summed E-state index contributed by atoms with van der Waals surface area (Å²) < 4.78 is 5.14. The molecule has 0 spiro atoms. The highest BCUT2D eigenvalue weighted by atomic mass is 16.5. The number of allylic oxidation sites excluding steroid dienone is 1. The third-order valence-corrected chi connectivity index (χ3v) is 2.01. The van der Waals surface area contributed by atoms with Gasteiger partial charge in [0.05, 0.1) is 6.61 Å². The molecule has 0 rings (SSSR count). The Kier molecular flexibility index (Phi) is 6.62. The normalized spacial score (nSPS) is 11.6.